The molecule has 1 rings (SSSR count). The molecule has 0 saturated carbocycles. The van der Waals surface area contributed by atoms with E-state index in [0.29, 0.717) is 13.2 Å². The average Bonchev–Trinajstić information content (AvgIpc) is 2.30. The van der Waals surface area contributed by atoms with Crippen LogP contribution in [0.2, 0.25) is 5.28 Å². The molecule has 0 amide bonds. The third-order valence-corrected chi connectivity index (χ3v) is 2.65. The Balaban J connectivity index is 3.18. The summed E-state index contributed by atoms with van der Waals surface area (Å²) in [7, 11) is 1.58. The molecule has 18 heavy (non-hydrogen) atoms. The fourth-order valence-corrected chi connectivity index (χ4v) is 1.82. The van der Waals surface area contributed by atoms with E-state index in [-0.39, 0.29) is 22.8 Å². The lowest BCUT2D eigenvalue weighted by Crippen LogP contribution is -2.37. The van der Waals surface area contributed by atoms with Crippen molar-refractivity contribution in [1.29, 1.82) is 0 Å². The number of hydrogen-bond donors (Lipinski definition) is 0. The van der Waals surface area contributed by atoms with Crippen molar-refractivity contribution in [2.45, 2.75) is 19.9 Å². The van der Waals surface area contributed by atoms with Crippen LogP contribution in [0.25, 0.3) is 0 Å². The quantitative estimate of drug-likeness (QED) is 0.448. The van der Waals surface area contributed by atoms with Crippen LogP contribution in [-0.2, 0) is 4.74 Å². The van der Waals surface area contributed by atoms with Crippen LogP contribution in [0.4, 0.5) is 11.5 Å². The Morgan fingerprint density at radius 3 is 2.83 bits per heavy atom. The Hall–Kier alpha value is -1.47. The topological polar surface area (TPSA) is 81.4 Å². The first kappa shape index (κ1) is 14.6. The van der Waals surface area contributed by atoms with Gasteiger partial charge >= 0.3 is 5.69 Å². The van der Waals surface area contributed by atoms with Crippen molar-refractivity contribution < 1.29 is 9.66 Å². The van der Waals surface area contributed by atoms with Gasteiger partial charge in [-0.2, -0.15) is 4.98 Å². The molecule has 1 heterocycles. The first-order valence-corrected chi connectivity index (χ1v) is 5.81. The van der Waals surface area contributed by atoms with Gasteiger partial charge in [-0.25, -0.2) is 4.98 Å². The van der Waals surface area contributed by atoms with Gasteiger partial charge in [-0.3, -0.25) is 10.1 Å². The second kappa shape index (κ2) is 6.46. The van der Waals surface area contributed by atoms with Crippen LogP contribution in [0.5, 0.6) is 0 Å². The van der Waals surface area contributed by atoms with Gasteiger partial charge in [0.05, 0.1) is 17.6 Å². The maximum absolute atomic E-state index is 11.0. The van der Waals surface area contributed by atoms with Gasteiger partial charge in [-0.05, 0) is 25.4 Å². The molecule has 1 aromatic heterocycles. The Morgan fingerprint density at radius 1 is 1.67 bits per heavy atom. The summed E-state index contributed by atoms with van der Waals surface area (Å²) < 4.78 is 5.05. The van der Waals surface area contributed by atoms with Crippen LogP contribution in [0.15, 0.2) is 6.20 Å². The zero-order chi connectivity index (χ0) is 13.7. The lowest BCUT2D eigenvalue weighted by atomic mass is 10.3. The lowest BCUT2D eigenvalue weighted by molar-refractivity contribution is -0.384. The Kier molecular flexibility index (Phi) is 5.24. The van der Waals surface area contributed by atoms with Gasteiger partial charge in [0.25, 0.3) is 0 Å². The van der Waals surface area contributed by atoms with Crippen LogP contribution in [0.3, 0.4) is 0 Å². The van der Waals surface area contributed by atoms with E-state index in [9.17, 15) is 10.1 Å². The summed E-state index contributed by atoms with van der Waals surface area (Å²) in [5, 5.41) is 10.9. The molecule has 0 N–H and O–H groups in total. The van der Waals surface area contributed by atoms with Crippen molar-refractivity contribution >= 4 is 23.1 Å². The third-order valence-electron chi connectivity index (χ3n) is 2.47. The molecular weight excluding hydrogens is 260 g/mol. The molecule has 0 aliphatic heterocycles. The van der Waals surface area contributed by atoms with Gasteiger partial charge < -0.3 is 9.64 Å². The maximum atomic E-state index is 11.0. The molecule has 0 fully saturated rings. The molecule has 0 radical (unpaired) electrons. The van der Waals surface area contributed by atoms with Crippen molar-refractivity contribution in [2.75, 3.05) is 25.2 Å². The number of hydrogen-bond acceptors (Lipinski definition) is 6. The minimum absolute atomic E-state index is 0.0151. The second-order valence-corrected chi connectivity index (χ2v) is 4.03. The van der Waals surface area contributed by atoms with E-state index in [2.05, 4.69) is 9.97 Å². The smallest absolute Gasteiger partial charge is 0.329 e. The Labute approximate surface area is 110 Å². The van der Waals surface area contributed by atoms with Gasteiger partial charge in [0.2, 0.25) is 11.1 Å². The van der Waals surface area contributed by atoms with Crippen LogP contribution < -0.4 is 4.90 Å². The van der Waals surface area contributed by atoms with Crippen LogP contribution in [0, 0.1) is 10.1 Å². The summed E-state index contributed by atoms with van der Waals surface area (Å²) in [5.41, 5.74) is -0.163. The van der Waals surface area contributed by atoms with Crippen molar-refractivity contribution in [1.82, 2.24) is 9.97 Å². The number of ether oxygens (including phenoxy) is 1. The highest BCUT2D eigenvalue weighted by atomic mass is 35.5. The normalized spacial score (nSPS) is 12.2. The summed E-state index contributed by atoms with van der Waals surface area (Å²) in [4.78, 5) is 19.8. The number of likely N-dealkylation sites (N-methyl/N-ethyl adjacent to an activating group) is 1. The van der Waals surface area contributed by atoms with Crippen LogP contribution in [-0.4, -0.2) is 41.2 Å². The Bertz CT molecular complexity index is 430. The summed E-state index contributed by atoms with van der Waals surface area (Å²) in [6, 6.07) is -0.0512. The highest BCUT2D eigenvalue weighted by Gasteiger charge is 2.25. The van der Waals surface area contributed by atoms with E-state index in [1.807, 2.05) is 13.8 Å². The minimum atomic E-state index is -0.520. The molecule has 0 aliphatic carbocycles. The zero-order valence-electron chi connectivity index (χ0n) is 10.5. The largest absolute Gasteiger partial charge is 0.383 e. The SMILES string of the molecule is CCN(c1nc(Cl)ncc1[N+](=O)[O-])C(C)COC. The van der Waals surface area contributed by atoms with Crippen molar-refractivity contribution in [2.24, 2.45) is 0 Å². The molecule has 100 valence electrons. The number of nitro groups is 1. The molecular formula is C10H15ClN4O3. The van der Waals surface area contributed by atoms with E-state index in [0.717, 1.165) is 6.20 Å². The molecule has 7 nitrogen and oxygen atoms in total. The van der Waals surface area contributed by atoms with Gasteiger partial charge in [0.15, 0.2) is 0 Å². The molecule has 0 aromatic carbocycles. The summed E-state index contributed by atoms with van der Waals surface area (Å²) in [6.07, 6.45) is 1.12. The average molecular weight is 275 g/mol. The first-order chi connectivity index (χ1) is 8.51. The fourth-order valence-electron chi connectivity index (χ4n) is 1.69. The van der Waals surface area contributed by atoms with E-state index < -0.39 is 4.92 Å². The number of methoxy groups -OCH3 is 1. The first-order valence-electron chi connectivity index (χ1n) is 5.43. The van der Waals surface area contributed by atoms with Gasteiger partial charge in [0, 0.05) is 13.7 Å². The fraction of sp³-hybridized carbons (Fsp3) is 0.600. The van der Waals surface area contributed by atoms with Gasteiger partial charge in [0.1, 0.15) is 6.20 Å². The maximum Gasteiger partial charge on any atom is 0.329 e. The van der Waals surface area contributed by atoms with Crippen LogP contribution >= 0.6 is 11.6 Å². The predicted molar refractivity (Wildman–Crippen MR) is 68.1 cm³/mol. The third kappa shape index (κ3) is 3.27. The number of nitrogens with zero attached hydrogens (tertiary/aromatic N) is 4. The monoisotopic (exact) mass is 274 g/mol. The Morgan fingerprint density at radius 2 is 2.33 bits per heavy atom. The molecule has 0 aliphatic rings. The minimum Gasteiger partial charge on any atom is -0.383 e. The van der Waals surface area contributed by atoms with Crippen molar-refractivity contribution in [3.63, 3.8) is 0 Å². The standard InChI is InChI=1S/C10H15ClN4O3/c1-4-14(7(2)6-18-3)9-8(15(16)17)5-12-10(11)13-9/h5,7H,4,6H2,1-3H3. The second-order valence-electron chi connectivity index (χ2n) is 3.70. The number of halogens is 1. The molecule has 0 bridgehead atoms. The highest BCUT2D eigenvalue weighted by Crippen LogP contribution is 2.27. The number of rotatable bonds is 6. The summed E-state index contributed by atoms with van der Waals surface area (Å²) in [6.45, 7) is 4.77. The summed E-state index contributed by atoms with van der Waals surface area (Å²) in [5.74, 6) is 0.215. The zero-order valence-corrected chi connectivity index (χ0v) is 11.2. The molecule has 8 heteroatoms. The van der Waals surface area contributed by atoms with Gasteiger partial charge in [-0.15, -0.1) is 0 Å². The summed E-state index contributed by atoms with van der Waals surface area (Å²) >= 11 is 5.70. The van der Waals surface area contributed by atoms with Crippen LogP contribution in [0.1, 0.15) is 13.8 Å². The number of anilines is 1. The van der Waals surface area contributed by atoms with Crippen molar-refractivity contribution in [3.05, 3.63) is 21.6 Å². The molecule has 1 aromatic rings. The molecule has 0 spiro atoms. The number of aromatic nitrogens is 2. The predicted octanol–water partition coefficient (Wildman–Crippen LogP) is 1.90. The van der Waals surface area contributed by atoms with E-state index >= 15 is 0 Å². The molecule has 1 atom stereocenters. The van der Waals surface area contributed by atoms with Crippen molar-refractivity contribution in [3.8, 4) is 0 Å². The van der Waals surface area contributed by atoms with E-state index in [1.165, 1.54) is 0 Å². The highest BCUT2D eigenvalue weighted by molar-refractivity contribution is 6.28. The van der Waals surface area contributed by atoms with Gasteiger partial charge in [-0.1, -0.05) is 0 Å². The molecule has 0 saturated heterocycles. The lowest BCUT2D eigenvalue weighted by Gasteiger charge is -2.27. The van der Waals surface area contributed by atoms with E-state index in [1.54, 1.807) is 12.0 Å². The molecule has 1 unspecified atom stereocenters. The van der Waals surface area contributed by atoms with E-state index in [4.69, 9.17) is 16.3 Å².